The van der Waals surface area contributed by atoms with E-state index in [1.54, 1.807) is 11.8 Å². The Hall–Kier alpha value is -0.660. The van der Waals surface area contributed by atoms with E-state index in [1.807, 2.05) is 0 Å². The summed E-state index contributed by atoms with van der Waals surface area (Å²) >= 11 is 0. The zero-order valence-electron chi connectivity index (χ0n) is 12.4. The lowest BCUT2D eigenvalue weighted by Crippen LogP contribution is -2.62. The minimum Gasteiger partial charge on any atom is -0.338 e. The van der Waals surface area contributed by atoms with E-state index in [-0.39, 0.29) is 11.4 Å². The largest absolute Gasteiger partial charge is 0.338 e. The van der Waals surface area contributed by atoms with Crippen LogP contribution in [0.25, 0.3) is 0 Å². The Balaban J connectivity index is 2.70. The van der Waals surface area contributed by atoms with Crippen molar-refractivity contribution in [3.8, 4) is 0 Å². The van der Waals surface area contributed by atoms with Crippen molar-refractivity contribution in [2.75, 3.05) is 32.4 Å². The van der Waals surface area contributed by atoms with Gasteiger partial charge in [0.05, 0.1) is 12.3 Å². The Morgan fingerprint density at radius 3 is 2.37 bits per heavy atom. The molecule has 1 aliphatic rings. The average molecular weight is 291 g/mol. The highest BCUT2D eigenvalue weighted by Gasteiger charge is 2.36. The molecule has 0 aromatic rings. The summed E-state index contributed by atoms with van der Waals surface area (Å²) in [6.45, 7) is 10.9. The fourth-order valence-corrected chi connectivity index (χ4v) is 3.35. The van der Waals surface area contributed by atoms with Crippen LogP contribution in [-0.4, -0.2) is 68.1 Å². The molecule has 0 aliphatic carbocycles. The topological polar surface area (TPSA) is 69.7 Å². The van der Waals surface area contributed by atoms with Gasteiger partial charge < -0.3 is 4.90 Å². The third kappa shape index (κ3) is 4.43. The van der Waals surface area contributed by atoms with Gasteiger partial charge in [-0.05, 0) is 27.3 Å². The minimum absolute atomic E-state index is 0.0759. The smallest absolute Gasteiger partial charge is 0.240 e. The maximum absolute atomic E-state index is 12.2. The molecule has 1 aliphatic heterocycles. The molecule has 0 spiro atoms. The fraction of sp³-hybridized carbons (Fsp3) is 0.917. The molecule has 7 heteroatoms. The molecular formula is C12H25N3O3S. The average Bonchev–Trinajstić information content (AvgIpc) is 2.24. The molecule has 0 radical (unpaired) electrons. The molecule has 112 valence electrons. The number of carbonyl (C=O) groups excluding carboxylic acids is 1. The van der Waals surface area contributed by atoms with Crippen molar-refractivity contribution in [3.05, 3.63) is 0 Å². The van der Waals surface area contributed by atoms with Gasteiger partial charge in [-0.25, -0.2) is 13.1 Å². The number of nitrogens with zero attached hydrogens (tertiary/aromatic N) is 2. The molecule has 19 heavy (non-hydrogen) atoms. The molecular weight excluding hydrogens is 266 g/mol. The second-order valence-electron chi connectivity index (χ2n) is 5.76. The molecule has 1 fully saturated rings. The van der Waals surface area contributed by atoms with Crippen LogP contribution < -0.4 is 4.72 Å². The minimum atomic E-state index is -3.36. The highest BCUT2D eigenvalue weighted by molar-refractivity contribution is 7.88. The summed E-state index contributed by atoms with van der Waals surface area (Å²) in [5.41, 5.74) is -0.0759. The summed E-state index contributed by atoms with van der Waals surface area (Å²) in [4.78, 5) is 16.3. The lowest BCUT2D eigenvalue weighted by Gasteiger charge is -2.47. The van der Waals surface area contributed by atoms with Gasteiger partial charge in [-0.15, -0.1) is 0 Å². The summed E-state index contributed by atoms with van der Waals surface area (Å²) in [6, 6.07) is -0.709. The Morgan fingerprint density at radius 2 is 1.95 bits per heavy atom. The van der Waals surface area contributed by atoms with Crippen LogP contribution in [0, 0.1) is 0 Å². The molecule has 1 saturated heterocycles. The van der Waals surface area contributed by atoms with E-state index in [9.17, 15) is 13.2 Å². The van der Waals surface area contributed by atoms with Gasteiger partial charge in [0.2, 0.25) is 15.9 Å². The number of nitrogens with one attached hydrogen (secondary N) is 1. The van der Waals surface area contributed by atoms with Crippen molar-refractivity contribution < 1.29 is 13.2 Å². The van der Waals surface area contributed by atoms with E-state index in [4.69, 9.17) is 0 Å². The molecule has 1 atom stereocenters. The van der Waals surface area contributed by atoms with Gasteiger partial charge in [0.25, 0.3) is 0 Å². The summed E-state index contributed by atoms with van der Waals surface area (Å²) in [5, 5.41) is 0. The maximum atomic E-state index is 12.2. The van der Waals surface area contributed by atoms with Crippen molar-refractivity contribution in [1.82, 2.24) is 14.5 Å². The van der Waals surface area contributed by atoms with Crippen molar-refractivity contribution in [3.63, 3.8) is 0 Å². The van der Waals surface area contributed by atoms with Crippen molar-refractivity contribution in [1.29, 1.82) is 0 Å². The van der Waals surface area contributed by atoms with Crippen molar-refractivity contribution in [2.45, 2.75) is 39.3 Å². The Bertz CT molecular complexity index is 434. The van der Waals surface area contributed by atoms with Gasteiger partial charge in [0.15, 0.2) is 0 Å². The number of hydrogen-bond acceptors (Lipinski definition) is 4. The highest BCUT2D eigenvalue weighted by Crippen LogP contribution is 2.20. The number of rotatable bonds is 4. The van der Waals surface area contributed by atoms with E-state index in [1.165, 1.54) is 0 Å². The molecule has 1 amide bonds. The molecule has 0 aromatic heterocycles. The van der Waals surface area contributed by atoms with Crippen molar-refractivity contribution >= 4 is 15.9 Å². The lowest BCUT2D eigenvalue weighted by molar-refractivity contribution is -0.137. The molecule has 1 N–H and O–H groups in total. The van der Waals surface area contributed by atoms with Crippen LogP contribution in [-0.2, 0) is 14.8 Å². The zero-order chi connectivity index (χ0) is 14.8. The third-order valence-electron chi connectivity index (χ3n) is 3.53. The number of piperazine rings is 1. The molecule has 0 bridgehead atoms. The van der Waals surface area contributed by atoms with E-state index in [2.05, 4.69) is 30.4 Å². The predicted molar refractivity (Wildman–Crippen MR) is 75.3 cm³/mol. The normalized spacial score (nSPS) is 22.3. The SMILES string of the molecule is CCN1CCN(C(=O)C(C)NS(C)(=O)=O)CC1(C)C. The molecule has 0 saturated carbocycles. The number of hydrogen-bond donors (Lipinski definition) is 1. The maximum Gasteiger partial charge on any atom is 0.240 e. The van der Waals surface area contributed by atoms with Gasteiger partial charge in [-0.3, -0.25) is 9.69 Å². The second kappa shape index (κ2) is 5.76. The molecule has 1 rings (SSSR count). The summed E-state index contributed by atoms with van der Waals surface area (Å²) < 4.78 is 24.7. The Kier molecular flexibility index (Phi) is 4.97. The monoisotopic (exact) mass is 291 g/mol. The van der Waals surface area contributed by atoms with Crippen LogP contribution in [0.4, 0.5) is 0 Å². The van der Waals surface area contributed by atoms with Gasteiger partial charge in [0, 0.05) is 25.2 Å². The number of likely N-dealkylation sites (N-methyl/N-ethyl adjacent to an activating group) is 1. The van der Waals surface area contributed by atoms with E-state index >= 15 is 0 Å². The third-order valence-corrected chi connectivity index (χ3v) is 4.31. The van der Waals surface area contributed by atoms with Gasteiger partial charge >= 0.3 is 0 Å². The zero-order valence-corrected chi connectivity index (χ0v) is 13.2. The van der Waals surface area contributed by atoms with E-state index < -0.39 is 16.1 Å². The van der Waals surface area contributed by atoms with Crippen LogP contribution in [0.15, 0.2) is 0 Å². The summed E-state index contributed by atoms with van der Waals surface area (Å²) in [6.07, 6.45) is 1.07. The van der Waals surface area contributed by atoms with Crippen LogP contribution >= 0.6 is 0 Å². The first-order valence-corrected chi connectivity index (χ1v) is 8.47. The van der Waals surface area contributed by atoms with Crippen LogP contribution in [0.5, 0.6) is 0 Å². The standard InChI is InChI=1S/C12H25N3O3S/c1-6-15-8-7-14(9-12(15,3)4)11(16)10(2)13-19(5,17)18/h10,13H,6-9H2,1-5H3. The fourth-order valence-electron chi connectivity index (χ4n) is 2.61. The number of amides is 1. The van der Waals surface area contributed by atoms with Gasteiger partial charge in [-0.1, -0.05) is 6.92 Å². The molecule has 1 heterocycles. The number of carbonyl (C=O) groups is 1. The quantitative estimate of drug-likeness (QED) is 0.783. The van der Waals surface area contributed by atoms with Crippen LogP contribution in [0.1, 0.15) is 27.7 Å². The Morgan fingerprint density at radius 1 is 1.37 bits per heavy atom. The molecule has 6 nitrogen and oxygen atoms in total. The van der Waals surface area contributed by atoms with Gasteiger partial charge in [0.1, 0.15) is 0 Å². The molecule has 0 aromatic carbocycles. The van der Waals surface area contributed by atoms with Crippen LogP contribution in [0.3, 0.4) is 0 Å². The number of sulfonamides is 1. The van der Waals surface area contributed by atoms with E-state index in [0.29, 0.717) is 13.1 Å². The first kappa shape index (κ1) is 16.4. The van der Waals surface area contributed by atoms with Gasteiger partial charge in [-0.2, -0.15) is 0 Å². The molecule has 1 unspecified atom stereocenters. The first-order valence-electron chi connectivity index (χ1n) is 6.58. The second-order valence-corrected chi connectivity index (χ2v) is 7.54. The summed E-state index contributed by atoms with van der Waals surface area (Å²) in [7, 11) is -3.36. The first-order chi connectivity index (χ1) is 8.57. The summed E-state index contributed by atoms with van der Waals surface area (Å²) in [5.74, 6) is -0.158. The lowest BCUT2D eigenvalue weighted by atomic mass is 9.98. The van der Waals surface area contributed by atoms with E-state index in [0.717, 1.165) is 19.3 Å². The van der Waals surface area contributed by atoms with Crippen LogP contribution in [0.2, 0.25) is 0 Å². The highest BCUT2D eigenvalue weighted by atomic mass is 32.2. The predicted octanol–water partition coefficient (Wildman–Crippen LogP) is -0.133. The Labute approximate surface area is 116 Å². The van der Waals surface area contributed by atoms with Crippen molar-refractivity contribution in [2.24, 2.45) is 0 Å².